The van der Waals surface area contributed by atoms with Gasteiger partial charge in [-0.3, -0.25) is 10.1 Å². The van der Waals surface area contributed by atoms with Crippen molar-refractivity contribution in [2.45, 2.75) is 103 Å². The largest absolute Gasteiger partial charge is 0.508 e. The average molecular weight is 734 g/mol. The van der Waals surface area contributed by atoms with Gasteiger partial charge < -0.3 is 24.1 Å². The molecule has 1 N–H and O–H groups in total. The number of azo groups is 1. The van der Waals surface area contributed by atoms with Gasteiger partial charge in [-0.15, -0.1) is 5.11 Å². The minimum Gasteiger partial charge on any atom is -0.508 e. The third-order valence-electron chi connectivity index (χ3n) is 9.06. The predicted molar refractivity (Wildman–Crippen MR) is 198 cm³/mol. The van der Waals surface area contributed by atoms with Crippen molar-refractivity contribution < 1.29 is 37.4 Å². The van der Waals surface area contributed by atoms with Gasteiger partial charge in [0.05, 0.1) is 63.5 Å². The molecule has 1 saturated heterocycles. The summed E-state index contributed by atoms with van der Waals surface area (Å²) in [6, 6.07) is 8.28. The molecule has 2 aromatic carbocycles. The zero-order chi connectivity index (χ0) is 37.2. The zero-order valence-corrected chi connectivity index (χ0v) is 31.9. The highest BCUT2D eigenvalue weighted by molar-refractivity contribution is 7.90. The van der Waals surface area contributed by atoms with Crippen LogP contribution >= 0.6 is 0 Å². The van der Waals surface area contributed by atoms with Gasteiger partial charge in [0.25, 0.3) is 5.69 Å². The van der Waals surface area contributed by atoms with E-state index in [-0.39, 0.29) is 27.4 Å². The lowest BCUT2D eigenvalue weighted by molar-refractivity contribution is -0.385. The van der Waals surface area contributed by atoms with E-state index < -0.39 is 20.2 Å². The molecule has 0 atom stereocenters. The van der Waals surface area contributed by atoms with Gasteiger partial charge in [0.15, 0.2) is 9.84 Å². The molecular weight excluding hydrogens is 674 g/mol. The van der Waals surface area contributed by atoms with E-state index in [9.17, 15) is 23.6 Å². The van der Waals surface area contributed by atoms with Crippen LogP contribution in [-0.4, -0.2) is 77.6 Å². The normalized spacial score (nSPS) is 17.6. The van der Waals surface area contributed by atoms with Crippen molar-refractivity contribution in [1.29, 1.82) is 0 Å². The van der Waals surface area contributed by atoms with Crippen LogP contribution in [0.3, 0.4) is 0 Å². The highest BCUT2D eigenvalue weighted by atomic mass is 32.2. The number of rotatable bonds is 17. The van der Waals surface area contributed by atoms with E-state index in [1.165, 1.54) is 63.5 Å². The maximum Gasteiger partial charge on any atom is 0.270 e. The molecule has 0 amide bonds. The fourth-order valence-corrected chi connectivity index (χ4v) is 7.03. The van der Waals surface area contributed by atoms with Gasteiger partial charge in [-0.05, 0) is 42.7 Å². The maximum atomic E-state index is 12.4. The van der Waals surface area contributed by atoms with E-state index in [1.807, 2.05) is 0 Å². The van der Waals surface area contributed by atoms with E-state index in [1.54, 1.807) is 18.2 Å². The summed E-state index contributed by atoms with van der Waals surface area (Å²) in [6.07, 6.45) is 14.5. The van der Waals surface area contributed by atoms with Crippen molar-refractivity contribution in [1.82, 2.24) is 0 Å². The van der Waals surface area contributed by atoms with E-state index in [4.69, 9.17) is 18.9 Å². The second-order valence-electron chi connectivity index (χ2n) is 14.7. The molecule has 13 heteroatoms. The van der Waals surface area contributed by atoms with Crippen LogP contribution in [0.4, 0.5) is 17.1 Å². The Morgan fingerprint density at radius 1 is 0.784 bits per heavy atom. The van der Waals surface area contributed by atoms with Crippen LogP contribution in [0.2, 0.25) is 0 Å². The van der Waals surface area contributed by atoms with Gasteiger partial charge in [-0.2, -0.15) is 5.11 Å². The van der Waals surface area contributed by atoms with Gasteiger partial charge in [0.2, 0.25) is 0 Å². The number of nitro groups is 1. The molecule has 286 valence electrons. The summed E-state index contributed by atoms with van der Waals surface area (Å²) in [6.45, 7) is 10.1. The second-order valence-corrected chi connectivity index (χ2v) is 16.7. The molecule has 51 heavy (non-hydrogen) atoms. The Hall–Kier alpha value is -2.97. The van der Waals surface area contributed by atoms with Gasteiger partial charge in [-0.25, -0.2) is 8.42 Å². The number of hydrogen-bond acceptors (Lipinski definition) is 11. The molecule has 0 bridgehead atoms. The lowest BCUT2D eigenvalue weighted by Crippen LogP contribution is -2.36. The van der Waals surface area contributed by atoms with Gasteiger partial charge in [0.1, 0.15) is 16.3 Å². The monoisotopic (exact) mass is 733 g/mol. The van der Waals surface area contributed by atoms with Gasteiger partial charge in [0, 0.05) is 29.2 Å². The first-order chi connectivity index (χ1) is 24.3. The van der Waals surface area contributed by atoms with Crippen LogP contribution in [0.5, 0.6) is 5.75 Å². The first kappa shape index (κ1) is 42.4. The molecule has 1 heterocycles. The molecule has 12 nitrogen and oxygen atoms in total. The Labute approximate surface area is 304 Å². The summed E-state index contributed by atoms with van der Waals surface area (Å²) in [4.78, 5) is 10.3. The maximum absolute atomic E-state index is 12.4. The number of ether oxygens (including phenoxy) is 4. The summed E-state index contributed by atoms with van der Waals surface area (Å²) >= 11 is 0. The molecule has 0 unspecified atom stereocenters. The van der Waals surface area contributed by atoms with E-state index in [0.717, 1.165) is 31.6 Å². The van der Waals surface area contributed by atoms with E-state index in [0.29, 0.717) is 70.5 Å². The number of phenols is 1. The molecule has 1 aliphatic rings. The molecule has 0 saturated carbocycles. The standard InChI is InChI=1S/C38H59N3O9S/c1-5-6-7-8-9-10-11-12-13-14-19-38(29-49-22-20-47-27-37(2,3)28-48-21-23-50-30-38)26-31-24-32(15-18-35(31)42)39-40-34-17-16-33(41(43)44)25-36(34)51(4,45)46/h15-18,24-25,42H,5-14,19-23,26-30H2,1-4H3/b40-39+. The molecular formula is C38H59N3O9S. The van der Waals surface area contributed by atoms with Crippen molar-refractivity contribution in [2.24, 2.45) is 21.1 Å². The smallest absolute Gasteiger partial charge is 0.270 e. The molecule has 3 rings (SSSR count). The Kier molecular flexibility index (Phi) is 17.9. The number of nitro benzene ring substituents is 1. The highest BCUT2D eigenvalue weighted by Gasteiger charge is 2.33. The summed E-state index contributed by atoms with van der Waals surface area (Å²) in [5.41, 5.74) is 0.0709. The quantitative estimate of drug-likeness (QED) is 0.0724. The van der Waals surface area contributed by atoms with Crippen molar-refractivity contribution in [3.8, 4) is 5.75 Å². The fraction of sp³-hybridized carbons (Fsp3) is 0.684. The Balaban J connectivity index is 1.81. The minimum absolute atomic E-state index is 0.0178. The van der Waals surface area contributed by atoms with Crippen LogP contribution < -0.4 is 0 Å². The molecule has 1 fully saturated rings. The molecule has 2 aromatic rings. The average Bonchev–Trinajstić information content (AvgIpc) is 3.08. The Morgan fingerprint density at radius 3 is 1.88 bits per heavy atom. The number of aromatic hydroxyl groups is 1. The minimum atomic E-state index is -3.83. The number of non-ortho nitro benzene ring substituents is 1. The van der Waals surface area contributed by atoms with Crippen molar-refractivity contribution in [2.75, 3.05) is 59.1 Å². The van der Waals surface area contributed by atoms with Crippen LogP contribution in [0.25, 0.3) is 0 Å². The molecule has 0 spiro atoms. The summed E-state index contributed by atoms with van der Waals surface area (Å²) < 4.78 is 49.2. The molecule has 0 aromatic heterocycles. The molecule has 0 radical (unpaired) electrons. The number of hydrogen-bond donors (Lipinski definition) is 1. The van der Waals surface area contributed by atoms with Crippen LogP contribution in [0.1, 0.15) is 97.0 Å². The van der Waals surface area contributed by atoms with Gasteiger partial charge in [-0.1, -0.05) is 85.0 Å². The summed E-state index contributed by atoms with van der Waals surface area (Å²) in [5.74, 6) is 0.0943. The highest BCUT2D eigenvalue weighted by Crippen LogP contribution is 2.37. The lowest BCUT2D eigenvalue weighted by atomic mass is 9.78. The summed E-state index contributed by atoms with van der Waals surface area (Å²) in [5, 5.41) is 30.7. The van der Waals surface area contributed by atoms with Crippen LogP contribution in [0, 0.1) is 20.9 Å². The number of phenolic OH excluding ortho intramolecular Hbond substituents is 1. The van der Waals surface area contributed by atoms with Gasteiger partial charge >= 0.3 is 0 Å². The second kappa shape index (κ2) is 21.5. The van der Waals surface area contributed by atoms with Crippen LogP contribution in [-0.2, 0) is 35.2 Å². The SMILES string of the molecule is CCCCCCCCCCCCC1(Cc2cc(/N=N/c3ccc([N+](=O)[O-])cc3S(C)(=O)=O)ccc2O)COCCOCC(C)(C)COCCOC1. The number of nitrogens with zero attached hydrogens (tertiary/aromatic N) is 3. The van der Waals surface area contributed by atoms with Crippen LogP contribution in [0.15, 0.2) is 51.5 Å². The number of benzene rings is 2. The zero-order valence-electron chi connectivity index (χ0n) is 31.1. The summed E-state index contributed by atoms with van der Waals surface area (Å²) in [7, 11) is -3.83. The first-order valence-corrected chi connectivity index (χ1v) is 20.3. The third kappa shape index (κ3) is 15.7. The predicted octanol–water partition coefficient (Wildman–Crippen LogP) is 9.07. The number of unbranched alkanes of at least 4 members (excludes halogenated alkanes) is 9. The molecule has 0 aliphatic carbocycles. The topological polar surface area (TPSA) is 159 Å². The van der Waals surface area contributed by atoms with Crippen molar-refractivity contribution in [3.05, 3.63) is 52.1 Å². The fourth-order valence-electron chi connectivity index (χ4n) is 6.20. The van der Waals surface area contributed by atoms with E-state index in [2.05, 4.69) is 31.0 Å². The van der Waals surface area contributed by atoms with Crippen molar-refractivity contribution in [3.63, 3.8) is 0 Å². The third-order valence-corrected chi connectivity index (χ3v) is 10.2. The molecule has 1 aliphatic heterocycles. The first-order valence-electron chi connectivity index (χ1n) is 18.4. The lowest BCUT2D eigenvalue weighted by Gasteiger charge is -2.34. The van der Waals surface area contributed by atoms with E-state index >= 15 is 0 Å². The number of sulfone groups is 1. The Morgan fingerprint density at radius 2 is 1.33 bits per heavy atom. The van der Waals surface area contributed by atoms with Crippen molar-refractivity contribution >= 4 is 26.9 Å². The Bertz CT molecular complexity index is 1480.